The van der Waals surface area contributed by atoms with Gasteiger partial charge in [-0.25, -0.2) is 0 Å². The first-order chi connectivity index (χ1) is 6.48. The Morgan fingerprint density at radius 1 is 1.64 bits per heavy atom. The Morgan fingerprint density at radius 2 is 2.29 bits per heavy atom. The third-order valence-electron chi connectivity index (χ3n) is 2.35. The summed E-state index contributed by atoms with van der Waals surface area (Å²) in [4.78, 5) is 21.9. The molecule has 14 heavy (non-hydrogen) atoms. The van der Waals surface area contributed by atoms with Gasteiger partial charge in [0.15, 0.2) is 0 Å². The van der Waals surface area contributed by atoms with Gasteiger partial charge in [-0.2, -0.15) is 11.8 Å². The number of carbonyl (C=O) groups is 2. The molecule has 1 aliphatic rings. The average Bonchev–Trinajstić information content (AvgIpc) is 2.53. The van der Waals surface area contributed by atoms with Crippen LogP contribution in [0.3, 0.4) is 0 Å². The number of thioether (sulfide) groups is 1. The quantitative estimate of drug-likeness (QED) is 0.586. The fraction of sp³-hybridized carbons (Fsp3) is 0.750. The fourth-order valence-corrected chi connectivity index (χ4v) is 2.73. The molecule has 2 unspecified atom stereocenters. The smallest absolute Gasteiger partial charge is 0.324 e. The van der Waals surface area contributed by atoms with Crippen molar-refractivity contribution in [3.63, 3.8) is 0 Å². The van der Waals surface area contributed by atoms with E-state index in [0.29, 0.717) is 12.2 Å². The van der Waals surface area contributed by atoms with Crippen LogP contribution in [0.15, 0.2) is 0 Å². The second kappa shape index (κ2) is 4.18. The summed E-state index contributed by atoms with van der Waals surface area (Å²) in [5.41, 5.74) is 4.10. The van der Waals surface area contributed by atoms with E-state index >= 15 is 0 Å². The lowest BCUT2D eigenvalue weighted by Gasteiger charge is -2.27. The first kappa shape index (κ1) is 11.3. The van der Waals surface area contributed by atoms with Gasteiger partial charge in [-0.1, -0.05) is 0 Å². The van der Waals surface area contributed by atoms with Crippen molar-refractivity contribution in [1.82, 2.24) is 5.32 Å². The van der Waals surface area contributed by atoms with Crippen LogP contribution in [0.25, 0.3) is 0 Å². The van der Waals surface area contributed by atoms with Crippen molar-refractivity contribution in [2.45, 2.75) is 24.9 Å². The average molecular weight is 218 g/mol. The number of primary amides is 1. The summed E-state index contributed by atoms with van der Waals surface area (Å²) >= 11 is 1.57. The van der Waals surface area contributed by atoms with Gasteiger partial charge in [-0.15, -0.1) is 0 Å². The number of aliphatic carboxylic acids is 1. The topological polar surface area (TPSA) is 92.4 Å². The molecule has 6 heteroatoms. The Bertz CT molecular complexity index is 251. The monoisotopic (exact) mass is 218 g/mol. The van der Waals surface area contributed by atoms with Gasteiger partial charge < -0.3 is 10.8 Å². The van der Waals surface area contributed by atoms with Crippen molar-refractivity contribution < 1.29 is 14.7 Å². The molecule has 1 rings (SSSR count). The fourth-order valence-electron chi connectivity index (χ4n) is 1.39. The minimum Gasteiger partial charge on any atom is -0.480 e. The zero-order chi connectivity index (χ0) is 10.8. The van der Waals surface area contributed by atoms with E-state index in [0.717, 1.165) is 5.75 Å². The largest absolute Gasteiger partial charge is 0.480 e. The van der Waals surface area contributed by atoms with E-state index in [-0.39, 0.29) is 0 Å². The van der Waals surface area contributed by atoms with E-state index in [4.69, 9.17) is 10.8 Å². The Labute approximate surface area is 86.4 Å². The van der Waals surface area contributed by atoms with Crippen molar-refractivity contribution in [1.29, 1.82) is 0 Å². The van der Waals surface area contributed by atoms with E-state index in [9.17, 15) is 9.59 Å². The SMILES string of the molecule is CC(NC1(C(=O)O)CCSC1)C(N)=O. The molecule has 1 fully saturated rings. The minimum absolute atomic E-state index is 0.486. The van der Waals surface area contributed by atoms with Crippen molar-refractivity contribution in [3.05, 3.63) is 0 Å². The molecule has 0 bridgehead atoms. The molecule has 0 aliphatic carbocycles. The van der Waals surface area contributed by atoms with Gasteiger partial charge in [0.1, 0.15) is 5.54 Å². The maximum atomic E-state index is 11.1. The van der Waals surface area contributed by atoms with Crippen molar-refractivity contribution in [2.75, 3.05) is 11.5 Å². The molecule has 0 spiro atoms. The van der Waals surface area contributed by atoms with E-state index in [1.807, 2.05) is 0 Å². The number of carbonyl (C=O) groups excluding carboxylic acids is 1. The summed E-state index contributed by atoms with van der Waals surface area (Å²) in [5.74, 6) is -0.150. The van der Waals surface area contributed by atoms with Gasteiger partial charge in [-0.3, -0.25) is 14.9 Å². The molecule has 0 aromatic rings. The number of carboxylic acid groups (broad SMARTS) is 1. The molecule has 80 valence electrons. The highest BCUT2D eigenvalue weighted by Gasteiger charge is 2.43. The van der Waals surface area contributed by atoms with Gasteiger partial charge in [0, 0.05) is 5.75 Å². The van der Waals surface area contributed by atoms with E-state index < -0.39 is 23.5 Å². The van der Waals surface area contributed by atoms with Crippen molar-refractivity contribution in [2.24, 2.45) is 5.73 Å². The molecule has 1 saturated heterocycles. The van der Waals surface area contributed by atoms with E-state index in [1.54, 1.807) is 18.7 Å². The number of rotatable bonds is 4. The standard InChI is InChI=1S/C8H14N2O3S/c1-5(6(9)11)10-8(7(12)13)2-3-14-4-8/h5,10H,2-4H2,1H3,(H2,9,11)(H,12,13). The third-order valence-corrected chi connectivity index (χ3v) is 3.54. The first-order valence-electron chi connectivity index (χ1n) is 4.36. The van der Waals surface area contributed by atoms with Crippen LogP contribution in [-0.4, -0.2) is 40.1 Å². The van der Waals surface area contributed by atoms with E-state index in [1.165, 1.54) is 0 Å². The third kappa shape index (κ3) is 2.19. The highest BCUT2D eigenvalue weighted by molar-refractivity contribution is 7.99. The lowest BCUT2D eigenvalue weighted by Crippen LogP contribution is -2.58. The van der Waals surface area contributed by atoms with Crippen LogP contribution >= 0.6 is 11.8 Å². The molecule has 0 radical (unpaired) electrons. The highest BCUT2D eigenvalue weighted by Crippen LogP contribution is 2.28. The molecule has 1 aliphatic heterocycles. The van der Waals surface area contributed by atoms with Crippen molar-refractivity contribution in [3.8, 4) is 0 Å². The normalized spacial score (nSPS) is 28.6. The second-order valence-corrected chi connectivity index (χ2v) is 4.56. The van der Waals surface area contributed by atoms with Crippen molar-refractivity contribution >= 4 is 23.6 Å². The van der Waals surface area contributed by atoms with Gasteiger partial charge >= 0.3 is 5.97 Å². The molecule has 0 aromatic carbocycles. The Kier molecular flexibility index (Phi) is 3.38. The van der Waals surface area contributed by atoms with E-state index in [2.05, 4.69) is 5.32 Å². The number of carboxylic acids is 1. The van der Waals surface area contributed by atoms with Gasteiger partial charge in [0.05, 0.1) is 6.04 Å². The van der Waals surface area contributed by atoms with Crippen LogP contribution in [0.1, 0.15) is 13.3 Å². The second-order valence-electron chi connectivity index (χ2n) is 3.46. The number of nitrogens with two attached hydrogens (primary N) is 1. The van der Waals surface area contributed by atoms with Crippen LogP contribution in [0.4, 0.5) is 0 Å². The number of amides is 1. The van der Waals surface area contributed by atoms with Crippen LogP contribution in [0.2, 0.25) is 0 Å². The molecule has 4 N–H and O–H groups in total. The highest BCUT2D eigenvalue weighted by atomic mass is 32.2. The number of hydrogen-bond acceptors (Lipinski definition) is 4. The molecule has 2 atom stereocenters. The van der Waals surface area contributed by atoms with Crippen LogP contribution < -0.4 is 11.1 Å². The molecule has 1 amide bonds. The summed E-state index contributed by atoms with van der Waals surface area (Å²) in [6.07, 6.45) is 0.532. The van der Waals surface area contributed by atoms with Gasteiger partial charge in [0.2, 0.25) is 5.91 Å². The van der Waals surface area contributed by atoms with Gasteiger partial charge in [0.25, 0.3) is 0 Å². The number of nitrogens with one attached hydrogen (secondary N) is 1. The molecular weight excluding hydrogens is 204 g/mol. The Hall–Kier alpha value is -0.750. The summed E-state index contributed by atoms with van der Waals surface area (Å²) in [7, 11) is 0. The maximum absolute atomic E-state index is 11.1. The summed E-state index contributed by atoms with van der Waals surface area (Å²) in [6.45, 7) is 1.58. The van der Waals surface area contributed by atoms with Gasteiger partial charge in [-0.05, 0) is 19.1 Å². The lowest BCUT2D eigenvalue weighted by molar-refractivity contribution is -0.144. The molecule has 1 heterocycles. The Morgan fingerprint density at radius 3 is 2.64 bits per heavy atom. The Balaban J connectivity index is 2.70. The predicted molar refractivity (Wildman–Crippen MR) is 54.1 cm³/mol. The molecule has 0 saturated carbocycles. The molecule has 0 aromatic heterocycles. The van der Waals surface area contributed by atoms with Crippen LogP contribution in [0, 0.1) is 0 Å². The molecule has 5 nitrogen and oxygen atoms in total. The summed E-state index contributed by atoms with van der Waals surface area (Å²) in [5, 5.41) is 11.9. The lowest BCUT2D eigenvalue weighted by atomic mass is 9.98. The summed E-state index contributed by atoms with van der Waals surface area (Å²) in [6, 6.07) is -0.607. The molecular formula is C8H14N2O3S. The predicted octanol–water partition coefficient (Wildman–Crippen LogP) is -0.590. The summed E-state index contributed by atoms with van der Waals surface area (Å²) < 4.78 is 0. The maximum Gasteiger partial charge on any atom is 0.324 e. The number of hydrogen-bond donors (Lipinski definition) is 3. The van der Waals surface area contributed by atoms with Crippen LogP contribution in [-0.2, 0) is 9.59 Å². The zero-order valence-electron chi connectivity index (χ0n) is 7.95. The van der Waals surface area contributed by atoms with Crippen LogP contribution in [0.5, 0.6) is 0 Å². The first-order valence-corrected chi connectivity index (χ1v) is 5.51. The minimum atomic E-state index is -0.973. The zero-order valence-corrected chi connectivity index (χ0v) is 8.76.